The molecule has 2 aliphatic carbocycles. The molecule has 1 saturated carbocycles. The van der Waals surface area contributed by atoms with Crippen molar-refractivity contribution < 1.29 is 18.8 Å². The second-order valence-electron chi connectivity index (χ2n) is 11.0. The quantitative estimate of drug-likeness (QED) is 0.619. The molecule has 2 aromatic heterocycles. The first-order valence-electron chi connectivity index (χ1n) is 13.6. The van der Waals surface area contributed by atoms with Crippen molar-refractivity contribution in [2.45, 2.75) is 95.1 Å². The maximum Gasteiger partial charge on any atom is 0.228 e. The standard InChI is InChI=1S/C27H35N5O4/c1-17(19-9-6-14-31(19)2)35-22-16-21(32-15-7-11-23(32)34)28-26(29-22)24-18-8-5-13-27(25(18)36-30-24)12-4-3-10-20(27)33/h16-17,19H,3-15H2,1-2H3/t17-,19-,27+/m0/s1. The van der Waals surface area contributed by atoms with Gasteiger partial charge in [0.1, 0.15) is 17.7 Å². The van der Waals surface area contributed by atoms with E-state index in [1.165, 1.54) is 0 Å². The summed E-state index contributed by atoms with van der Waals surface area (Å²) in [6.45, 7) is 3.77. The molecule has 0 N–H and O–H groups in total. The second-order valence-corrected chi connectivity index (χ2v) is 11.0. The molecule has 0 aromatic carbocycles. The van der Waals surface area contributed by atoms with Crippen LogP contribution in [0.2, 0.25) is 0 Å². The minimum atomic E-state index is -0.555. The molecule has 9 heteroatoms. The summed E-state index contributed by atoms with van der Waals surface area (Å²) in [7, 11) is 2.13. The molecule has 4 heterocycles. The molecule has 0 bridgehead atoms. The maximum absolute atomic E-state index is 13.1. The molecule has 2 aliphatic heterocycles. The Morgan fingerprint density at radius 1 is 1.06 bits per heavy atom. The van der Waals surface area contributed by atoms with Gasteiger partial charge in [0.2, 0.25) is 11.8 Å². The van der Waals surface area contributed by atoms with Crippen LogP contribution in [0.5, 0.6) is 5.88 Å². The predicted octanol–water partition coefficient (Wildman–Crippen LogP) is 3.84. The number of likely N-dealkylation sites (N-methyl/N-ethyl adjacent to an activating group) is 1. The average Bonchev–Trinajstić information content (AvgIpc) is 3.61. The highest BCUT2D eigenvalue weighted by Crippen LogP contribution is 2.47. The van der Waals surface area contributed by atoms with E-state index in [9.17, 15) is 9.59 Å². The highest BCUT2D eigenvalue weighted by molar-refractivity contribution is 5.95. The lowest BCUT2D eigenvalue weighted by atomic mass is 9.64. The monoisotopic (exact) mass is 493 g/mol. The summed E-state index contributed by atoms with van der Waals surface area (Å²) in [5, 5.41) is 4.43. The Bertz CT molecular complexity index is 1180. The lowest BCUT2D eigenvalue weighted by Gasteiger charge is -2.36. The third-order valence-electron chi connectivity index (χ3n) is 8.72. The van der Waals surface area contributed by atoms with Crippen LogP contribution in [0.3, 0.4) is 0 Å². The van der Waals surface area contributed by atoms with Crippen LogP contribution in [0, 0.1) is 0 Å². The van der Waals surface area contributed by atoms with Crippen LogP contribution in [0.1, 0.15) is 82.5 Å². The van der Waals surface area contributed by atoms with E-state index in [1.54, 1.807) is 11.0 Å². The minimum Gasteiger partial charge on any atom is -0.473 e. The van der Waals surface area contributed by atoms with E-state index >= 15 is 0 Å². The van der Waals surface area contributed by atoms with Gasteiger partial charge in [-0.3, -0.25) is 19.4 Å². The van der Waals surface area contributed by atoms with Gasteiger partial charge in [-0.25, -0.2) is 4.98 Å². The summed E-state index contributed by atoms with van der Waals surface area (Å²) in [6, 6.07) is 2.09. The molecule has 6 rings (SSSR count). The van der Waals surface area contributed by atoms with E-state index < -0.39 is 5.41 Å². The van der Waals surface area contributed by atoms with Crippen LogP contribution in [0.15, 0.2) is 10.6 Å². The molecule has 36 heavy (non-hydrogen) atoms. The van der Waals surface area contributed by atoms with E-state index in [2.05, 4.69) is 24.0 Å². The summed E-state index contributed by atoms with van der Waals surface area (Å²) in [6.07, 6.45) is 9.39. The summed E-state index contributed by atoms with van der Waals surface area (Å²) >= 11 is 0. The number of Topliss-reactive ketones (excluding diaryl/α,β-unsaturated/α-hetero) is 1. The number of anilines is 1. The van der Waals surface area contributed by atoms with E-state index in [-0.39, 0.29) is 17.8 Å². The van der Waals surface area contributed by atoms with Gasteiger partial charge in [-0.05, 0) is 71.9 Å². The normalized spacial score (nSPS) is 27.6. The van der Waals surface area contributed by atoms with Crippen molar-refractivity contribution in [1.29, 1.82) is 0 Å². The van der Waals surface area contributed by atoms with Crippen molar-refractivity contribution >= 4 is 17.5 Å². The molecule has 1 spiro atoms. The van der Waals surface area contributed by atoms with E-state index in [1.807, 2.05) is 0 Å². The van der Waals surface area contributed by atoms with Gasteiger partial charge in [-0.2, -0.15) is 4.98 Å². The fraction of sp³-hybridized carbons (Fsp3) is 0.667. The van der Waals surface area contributed by atoms with Crippen LogP contribution < -0.4 is 9.64 Å². The Labute approximate surface area is 211 Å². The Hall–Kier alpha value is -2.81. The van der Waals surface area contributed by atoms with Gasteiger partial charge in [-0.15, -0.1) is 0 Å². The number of fused-ring (bicyclic) bond motifs is 2. The molecule has 2 aromatic rings. The fourth-order valence-corrected chi connectivity index (χ4v) is 6.77. The first-order valence-corrected chi connectivity index (χ1v) is 13.6. The first kappa shape index (κ1) is 23.6. The number of carbonyl (C=O) groups is 2. The summed E-state index contributed by atoms with van der Waals surface area (Å²) in [4.78, 5) is 39.3. The lowest BCUT2D eigenvalue weighted by molar-refractivity contribution is -0.128. The molecular formula is C27H35N5O4. The average molecular weight is 494 g/mol. The summed E-state index contributed by atoms with van der Waals surface area (Å²) in [5.74, 6) is 2.43. The Balaban J connectivity index is 1.39. The molecule has 192 valence electrons. The van der Waals surface area contributed by atoms with Crippen molar-refractivity contribution in [3.63, 3.8) is 0 Å². The molecule has 2 saturated heterocycles. The zero-order chi connectivity index (χ0) is 24.9. The fourth-order valence-electron chi connectivity index (χ4n) is 6.77. The van der Waals surface area contributed by atoms with Crippen LogP contribution in [0.4, 0.5) is 5.82 Å². The van der Waals surface area contributed by atoms with Gasteiger partial charge in [-0.1, -0.05) is 11.6 Å². The Morgan fingerprint density at radius 2 is 1.92 bits per heavy atom. The molecule has 3 atom stereocenters. The minimum absolute atomic E-state index is 0.0584. The lowest BCUT2D eigenvalue weighted by Crippen LogP contribution is -2.41. The Morgan fingerprint density at radius 3 is 2.67 bits per heavy atom. The molecule has 0 radical (unpaired) electrons. The predicted molar refractivity (Wildman–Crippen MR) is 133 cm³/mol. The summed E-state index contributed by atoms with van der Waals surface area (Å²) in [5.41, 5.74) is 0.961. The topological polar surface area (TPSA) is 102 Å². The van der Waals surface area contributed by atoms with E-state index in [0.717, 1.165) is 69.9 Å². The number of amides is 1. The number of ether oxygens (including phenoxy) is 1. The highest BCUT2D eigenvalue weighted by Gasteiger charge is 2.48. The smallest absolute Gasteiger partial charge is 0.228 e. The van der Waals surface area contributed by atoms with Gasteiger partial charge < -0.3 is 9.26 Å². The molecule has 1 amide bonds. The molecule has 9 nitrogen and oxygen atoms in total. The molecule has 4 aliphatic rings. The zero-order valence-corrected chi connectivity index (χ0v) is 21.3. The molecular weight excluding hydrogens is 458 g/mol. The zero-order valence-electron chi connectivity index (χ0n) is 21.3. The number of likely N-dealkylation sites (tertiary alicyclic amines) is 1. The van der Waals surface area contributed by atoms with Crippen molar-refractivity contribution in [2.24, 2.45) is 0 Å². The molecule has 3 fully saturated rings. The van der Waals surface area contributed by atoms with Crippen molar-refractivity contribution in [3.05, 3.63) is 17.4 Å². The van der Waals surface area contributed by atoms with Gasteiger partial charge in [0, 0.05) is 37.1 Å². The first-order chi connectivity index (χ1) is 17.5. The number of rotatable bonds is 5. The number of hydrogen-bond acceptors (Lipinski definition) is 8. The number of ketones is 1. The van der Waals surface area contributed by atoms with Crippen molar-refractivity contribution in [1.82, 2.24) is 20.0 Å². The number of aromatic nitrogens is 3. The van der Waals surface area contributed by atoms with Crippen molar-refractivity contribution in [3.8, 4) is 17.4 Å². The number of hydrogen-bond donors (Lipinski definition) is 0. The van der Waals surface area contributed by atoms with E-state index in [0.29, 0.717) is 54.4 Å². The van der Waals surface area contributed by atoms with Gasteiger partial charge in [0.25, 0.3) is 0 Å². The highest BCUT2D eigenvalue weighted by atomic mass is 16.5. The van der Waals surface area contributed by atoms with Crippen LogP contribution in [-0.2, 0) is 21.4 Å². The third-order valence-corrected chi connectivity index (χ3v) is 8.72. The molecule has 0 unspecified atom stereocenters. The van der Waals surface area contributed by atoms with Crippen molar-refractivity contribution in [2.75, 3.05) is 25.0 Å². The van der Waals surface area contributed by atoms with Gasteiger partial charge in [0.05, 0.1) is 5.41 Å². The SMILES string of the molecule is C[C@H](Oc1cc(N2CCCC2=O)nc(-c2noc3c2CCC[C@@]32CCCCC2=O)n1)[C@@H]1CCCN1C. The van der Waals surface area contributed by atoms with Crippen LogP contribution >= 0.6 is 0 Å². The van der Waals surface area contributed by atoms with E-state index in [4.69, 9.17) is 19.2 Å². The Kier molecular flexibility index (Phi) is 6.06. The number of nitrogens with zero attached hydrogens (tertiary/aromatic N) is 5. The van der Waals surface area contributed by atoms with Gasteiger partial charge in [0.15, 0.2) is 17.3 Å². The number of carbonyl (C=O) groups excluding carboxylic acids is 2. The third kappa shape index (κ3) is 3.92. The van der Waals surface area contributed by atoms with Crippen LogP contribution in [0.25, 0.3) is 11.5 Å². The second kappa shape index (κ2) is 9.25. The van der Waals surface area contributed by atoms with Gasteiger partial charge >= 0.3 is 0 Å². The largest absolute Gasteiger partial charge is 0.473 e. The summed E-state index contributed by atoms with van der Waals surface area (Å²) < 4.78 is 12.3. The maximum atomic E-state index is 13.1. The van der Waals surface area contributed by atoms with Crippen LogP contribution in [-0.4, -0.2) is 64.0 Å².